The molecule has 26 heavy (non-hydrogen) atoms. The summed E-state index contributed by atoms with van der Waals surface area (Å²) in [6, 6.07) is 12.0. The number of anilines is 1. The van der Waals surface area contributed by atoms with E-state index in [9.17, 15) is 14.4 Å². The number of carbonyl (C=O) groups excluding carboxylic acids is 3. The fraction of sp³-hybridized carbons (Fsp3) is 0.250. The number of hydrogen-bond donors (Lipinski definition) is 1. The van der Waals surface area contributed by atoms with E-state index in [0.29, 0.717) is 17.0 Å². The van der Waals surface area contributed by atoms with Crippen LogP contribution >= 0.6 is 0 Å². The lowest BCUT2D eigenvalue weighted by molar-refractivity contribution is -0.144. The standard InChI is InChI=1S/C20H21NO5/c1-13-4-5-14(2)19(10-13)25-12-20(24)26-11-18(23)16-6-8-17(9-7-16)21-15(3)22/h4-10H,11-12H2,1-3H3,(H,21,22). The van der Waals surface area contributed by atoms with Gasteiger partial charge in [0.15, 0.2) is 19.0 Å². The molecule has 6 heteroatoms. The Balaban J connectivity index is 1.82. The van der Waals surface area contributed by atoms with Crippen molar-refractivity contribution in [3.05, 3.63) is 59.2 Å². The molecule has 2 aromatic carbocycles. The van der Waals surface area contributed by atoms with Gasteiger partial charge in [0.2, 0.25) is 5.91 Å². The molecule has 0 radical (unpaired) electrons. The van der Waals surface area contributed by atoms with Crippen molar-refractivity contribution in [1.82, 2.24) is 0 Å². The van der Waals surface area contributed by atoms with Gasteiger partial charge in [0.1, 0.15) is 5.75 Å². The summed E-state index contributed by atoms with van der Waals surface area (Å²) in [4.78, 5) is 34.8. The van der Waals surface area contributed by atoms with Gasteiger partial charge in [-0.3, -0.25) is 9.59 Å². The molecule has 0 spiro atoms. The van der Waals surface area contributed by atoms with E-state index in [-0.39, 0.29) is 24.9 Å². The average molecular weight is 355 g/mol. The number of amides is 1. The maximum Gasteiger partial charge on any atom is 0.344 e. The van der Waals surface area contributed by atoms with Crippen molar-refractivity contribution >= 4 is 23.3 Å². The Morgan fingerprint density at radius 2 is 1.65 bits per heavy atom. The number of ketones is 1. The molecule has 1 amide bonds. The molecule has 0 aliphatic heterocycles. The van der Waals surface area contributed by atoms with Crippen LogP contribution in [0.25, 0.3) is 0 Å². The predicted molar refractivity (Wildman–Crippen MR) is 97.4 cm³/mol. The summed E-state index contributed by atoms with van der Waals surface area (Å²) in [7, 11) is 0. The summed E-state index contributed by atoms with van der Waals surface area (Å²) < 4.78 is 10.4. The predicted octanol–water partition coefficient (Wildman–Crippen LogP) is 3.07. The minimum atomic E-state index is -0.617. The second-order valence-corrected chi connectivity index (χ2v) is 5.90. The fourth-order valence-electron chi connectivity index (χ4n) is 2.21. The second-order valence-electron chi connectivity index (χ2n) is 5.90. The Morgan fingerprint density at radius 1 is 0.962 bits per heavy atom. The highest BCUT2D eigenvalue weighted by atomic mass is 16.6. The molecule has 0 saturated heterocycles. The Hall–Kier alpha value is -3.15. The highest BCUT2D eigenvalue weighted by Crippen LogP contribution is 2.19. The molecule has 0 saturated carbocycles. The van der Waals surface area contributed by atoms with E-state index in [1.54, 1.807) is 24.3 Å². The van der Waals surface area contributed by atoms with E-state index in [2.05, 4.69) is 5.32 Å². The van der Waals surface area contributed by atoms with Gasteiger partial charge in [-0.25, -0.2) is 4.79 Å². The number of carbonyl (C=O) groups is 3. The third-order valence-corrected chi connectivity index (χ3v) is 3.58. The van der Waals surface area contributed by atoms with Crippen molar-refractivity contribution in [3.8, 4) is 5.75 Å². The van der Waals surface area contributed by atoms with Gasteiger partial charge >= 0.3 is 5.97 Å². The molecule has 1 N–H and O–H groups in total. The summed E-state index contributed by atoms with van der Waals surface area (Å²) >= 11 is 0. The van der Waals surface area contributed by atoms with E-state index in [4.69, 9.17) is 9.47 Å². The maximum absolute atomic E-state index is 12.1. The van der Waals surface area contributed by atoms with E-state index >= 15 is 0 Å². The number of aryl methyl sites for hydroxylation is 2. The largest absolute Gasteiger partial charge is 0.482 e. The molecule has 0 fully saturated rings. The first-order valence-corrected chi connectivity index (χ1v) is 8.11. The summed E-state index contributed by atoms with van der Waals surface area (Å²) in [6.45, 7) is 4.58. The first-order chi connectivity index (χ1) is 12.3. The van der Waals surface area contributed by atoms with Crippen molar-refractivity contribution in [3.63, 3.8) is 0 Å². The minimum Gasteiger partial charge on any atom is -0.482 e. The van der Waals surface area contributed by atoms with Crippen LogP contribution in [0.3, 0.4) is 0 Å². The number of hydrogen-bond acceptors (Lipinski definition) is 5. The number of nitrogens with one attached hydrogen (secondary N) is 1. The van der Waals surface area contributed by atoms with Gasteiger partial charge in [-0.2, -0.15) is 0 Å². The normalized spacial score (nSPS) is 10.1. The minimum absolute atomic E-state index is 0.193. The Kier molecular flexibility index (Phi) is 6.49. The van der Waals surface area contributed by atoms with Gasteiger partial charge in [-0.1, -0.05) is 12.1 Å². The lowest BCUT2D eigenvalue weighted by Gasteiger charge is -2.10. The van der Waals surface area contributed by atoms with Crippen molar-refractivity contribution in [2.24, 2.45) is 0 Å². The Labute approximate surface area is 152 Å². The van der Waals surface area contributed by atoms with Gasteiger partial charge in [-0.15, -0.1) is 0 Å². The van der Waals surface area contributed by atoms with Crippen LogP contribution in [0.15, 0.2) is 42.5 Å². The van der Waals surface area contributed by atoms with Gasteiger partial charge in [-0.05, 0) is 55.3 Å². The number of rotatable bonds is 7. The fourth-order valence-corrected chi connectivity index (χ4v) is 2.21. The van der Waals surface area contributed by atoms with Crippen molar-refractivity contribution in [2.75, 3.05) is 18.5 Å². The summed E-state index contributed by atoms with van der Waals surface area (Å²) in [5.74, 6) is -0.530. The Morgan fingerprint density at radius 3 is 2.31 bits per heavy atom. The first-order valence-electron chi connectivity index (χ1n) is 8.11. The van der Waals surface area contributed by atoms with Crippen molar-refractivity contribution < 1.29 is 23.9 Å². The summed E-state index contributed by atoms with van der Waals surface area (Å²) in [5, 5.41) is 2.61. The SMILES string of the molecule is CC(=O)Nc1ccc(C(=O)COC(=O)COc2cc(C)ccc2C)cc1. The topological polar surface area (TPSA) is 81.7 Å². The van der Waals surface area contributed by atoms with Crippen LogP contribution in [-0.4, -0.2) is 30.9 Å². The first kappa shape index (κ1) is 19.2. The summed E-state index contributed by atoms with van der Waals surface area (Å²) in [6.07, 6.45) is 0. The van der Waals surface area contributed by atoms with Crippen LogP contribution in [0.2, 0.25) is 0 Å². The van der Waals surface area contributed by atoms with E-state index in [0.717, 1.165) is 11.1 Å². The van der Waals surface area contributed by atoms with Gasteiger partial charge < -0.3 is 14.8 Å². The lowest BCUT2D eigenvalue weighted by Crippen LogP contribution is -2.19. The zero-order valence-corrected chi connectivity index (χ0v) is 15.0. The third kappa shape index (κ3) is 5.73. The molecule has 2 rings (SSSR count). The third-order valence-electron chi connectivity index (χ3n) is 3.58. The van der Waals surface area contributed by atoms with Crippen LogP contribution < -0.4 is 10.1 Å². The Bertz CT molecular complexity index is 811. The van der Waals surface area contributed by atoms with Gasteiger partial charge in [0.25, 0.3) is 0 Å². The molecule has 6 nitrogen and oxygen atoms in total. The van der Waals surface area contributed by atoms with Gasteiger partial charge in [0.05, 0.1) is 0 Å². The smallest absolute Gasteiger partial charge is 0.344 e. The van der Waals surface area contributed by atoms with E-state index in [1.807, 2.05) is 32.0 Å². The van der Waals surface area contributed by atoms with Crippen molar-refractivity contribution in [1.29, 1.82) is 0 Å². The molecule has 0 bridgehead atoms. The number of ether oxygens (including phenoxy) is 2. The van der Waals surface area contributed by atoms with Crippen LogP contribution in [0.5, 0.6) is 5.75 Å². The number of esters is 1. The molecule has 0 unspecified atom stereocenters. The number of benzene rings is 2. The molecule has 0 heterocycles. The molecular weight excluding hydrogens is 334 g/mol. The van der Waals surface area contributed by atoms with Gasteiger partial charge in [0, 0.05) is 18.2 Å². The van der Waals surface area contributed by atoms with Crippen LogP contribution in [0, 0.1) is 13.8 Å². The molecule has 0 aliphatic rings. The second kappa shape index (κ2) is 8.80. The highest BCUT2D eigenvalue weighted by Gasteiger charge is 2.11. The molecule has 2 aromatic rings. The zero-order chi connectivity index (χ0) is 19.1. The van der Waals surface area contributed by atoms with Crippen LogP contribution in [0.1, 0.15) is 28.4 Å². The molecule has 0 aliphatic carbocycles. The highest BCUT2D eigenvalue weighted by molar-refractivity contribution is 5.98. The molecule has 0 atom stereocenters. The van der Waals surface area contributed by atoms with Crippen LogP contribution in [-0.2, 0) is 14.3 Å². The van der Waals surface area contributed by atoms with Crippen molar-refractivity contribution in [2.45, 2.75) is 20.8 Å². The monoisotopic (exact) mass is 355 g/mol. The molecule has 136 valence electrons. The average Bonchev–Trinajstić information content (AvgIpc) is 2.60. The zero-order valence-electron chi connectivity index (χ0n) is 15.0. The van der Waals surface area contributed by atoms with E-state index < -0.39 is 5.97 Å². The molecule has 0 aromatic heterocycles. The summed E-state index contributed by atoms with van der Waals surface area (Å²) in [5.41, 5.74) is 2.92. The quantitative estimate of drug-likeness (QED) is 0.610. The lowest BCUT2D eigenvalue weighted by atomic mass is 10.1. The number of Topliss-reactive ketones (excluding diaryl/α,β-unsaturated/α-hetero) is 1. The van der Waals surface area contributed by atoms with E-state index in [1.165, 1.54) is 6.92 Å². The molecular formula is C20H21NO5. The maximum atomic E-state index is 12.1. The van der Waals surface area contributed by atoms with Crippen LogP contribution in [0.4, 0.5) is 5.69 Å².